The third-order valence-corrected chi connectivity index (χ3v) is 2.59. The summed E-state index contributed by atoms with van der Waals surface area (Å²) in [4.78, 5) is 8.44. The lowest BCUT2D eigenvalue weighted by atomic mass is 10.3. The third kappa shape index (κ3) is 1.46. The molecule has 0 spiro atoms. The van der Waals surface area contributed by atoms with Gasteiger partial charge in [-0.1, -0.05) is 11.6 Å². The first-order valence-corrected chi connectivity index (χ1v) is 5.19. The van der Waals surface area contributed by atoms with E-state index in [1.165, 1.54) is 0 Å². The maximum Gasteiger partial charge on any atom is 0.183 e. The standard InChI is InChI=1S/C12H7ClN3/c13-9-3-5-10(6-4-9)16-8-15-11-2-1-7-14-12(11)16/h1-7H. The van der Waals surface area contributed by atoms with Crippen molar-refractivity contribution in [2.24, 2.45) is 0 Å². The number of rotatable bonds is 1. The smallest absolute Gasteiger partial charge is 0.183 e. The highest BCUT2D eigenvalue weighted by Gasteiger charge is 2.05. The van der Waals surface area contributed by atoms with Gasteiger partial charge in [-0.3, -0.25) is 4.57 Å². The lowest BCUT2D eigenvalue weighted by Crippen LogP contribution is -1.93. The fourth-order valence-electron chi connectivity index (χ4n) is 1.57. The molecule has 2 aromatic heterocycles. The van der Waals surface area contributed by atoms with E-state index in [9.17, 15) is 0 Å². The predicted octanol–water partition coefficient (Wildman–Crippen LogP) is 2.87. The van der Waals surface area contributed by atoms with Gasteiger partial charge < -0.3 is 0 Å². The third-order valence-electron chi connectivity index (χ3n) is 2.33. The second-order valence-corrected chi connectivity index (χ2v) is 3.81. The van der Waals surface area contributed by atoms with Gasteiger partial charge in [0.05, 0.1) is 0 Å². The molecule has 0 unspecified atom stereocenters. The van der Waals surface area contributed by atoms with Crippen LogP contribution in [0.2, 0.25) is 5.02 Å². The molecule has 0 saturated carbocycles. The Morgan fingerprint density at radius 1 is 1.12 bits per heavy atom. The highest BCUT2D eigenvalue weighted by atomic mass is 35.5. The minimum absolute atomic E-state index is 0.709. The Hall–Kier alpha value is -1.87. The lowest BCUT2D eigenvalue weighted by Gasteiger charge is -2.02. The average Bonchev–Trinajstić information content (AvgIpc) is 2.74. The van der Waals surface area contributed by atoms with E-state index < -0.39 is 0 Å². The van der Waals surface area contributed by atoms with Crippen LogP contribution in [0.1, 0.15) is 0 Å². The maximum atomic E-state index is 5.84. The molecule has 0 atom stereocenters. The van der Waals surface area contributed by atoms with Crippen molar-refractivity contribution in [2.75, 3.05) is 0 Å². The molecule has 0 fully saturated rings. The van der Waals surface area contributed by atoms with Crippen LogP contribution in [-0.4, -0.2) is 14.5 Å². The molecule has 77 valence electrons. The first-order valence-electron chi connectivity index (χ1n) is 4.82. The fraction of sp³-hybridized carbons (Fsp3) is 0. The molecule has 1 aromatic carbocycles. The monoisotopic (exact) mass is 228 g/mol. The Kier molecular flexibility index (Phi) is 2.11. The van der Waals surface area contributed by atoms with Crippen molar-refractivity contribution in [3.63, 3.8) is 0 Å². The van der Waals surface area contributed by atoms with Crippen molar-refractivity contribution in [3.8, 4) is 5.69 Å². The zero-order valence-corrected chi connectivity index (χ0v) is 9.02. The van der Waals surface area contributed by atoms with Crippen molar-refractivity contribution in [1.82, 2.24) is 14.5 Å². The fourth-order valence-corrected chi connectivity index (χ4v) is 1.70. The van der Waals surface area contributed by atoms with Gasteiger partial charge in [0.2, 0.25) is 0 Å². The van der Waals surface area contributed by atoms with E-state index in [-0.39, 0.29) is 0 Å². The molecule has 0 aliphatic rings. The Bertz CT molecular complexity index is 628. The topological polar surface area (TPSA) is 30.7 Å². The summed E-state index contributed by atoms with van der Waals surface area (Å²) in [5.74, 6) is 0. The second-order valence-electron chi connectivity index (χ2n) is 3.37. The Morgan fingerprint density at radius 3 is 2.75 bits per heavy atom. The number of halogens is 1. The quantitative estimate of drug-likeness (QED) is 0.641. The second kappa shape index (κ2) is 3.61. The molecule has 3 rings (SSSR count). The van der Waals surface area contributed by atoms with E-state index in [1.807, 2.05) is 41.0 Å². The summed E-state index contributed by atoms with van der Waals surface area (Å²) in [5, 5.41) is 0.709. The van der Waals surface area contributed by atoms with Crippen LogP contribution in [0, 0.1) is 6.33 Å². The number of pyridine rings is 1. The summed E-state index contributed by atoms with van der Waals surface area (Å²) < 4.78 is 1.81. The van der Waals surface area contributed by atoms with Gasteiger partial charge in [-0.2, -0.15) is 0 Å². The normalized spacial score (nSPS) is 10.8. The van der Waals surface area contributed by atoms with E-state index in [0.29, 0.717) is 5.02 Å². The molecule has 4 heteroatoms. The number of hydrogen-bond donors (Lipinski definition) is 0. The van der Waals surface area contributed by atoms with Crippen LogP contribution in [-0.2, 0) is 0 Å². The van der Waals surface area contributed by atoms with Crippen LogP contribution in [0.3, 0.4) is 0 Å². The van der Waals surface area contributed by atoms with Crippen molar-refractivity contribution < 1.29 is 0 Å². The molecule has 0 aliphatic heterocycles. The summed E-state index contributed by atoms with van der Waals surface area (Å²) in [7, 11) is 0. The number of fused-ring (bicyclic) bond motifs is 1. The predicted molar refractivity (Wildman–Crippen MR) is 62.7 cm³/mol. The number of hydrogen-bond acceptors (Lipinski definition) is 2. The molecular weight excluding hydrogens is 222 g/mol. The summed E-state index contributed by atoms with van der Waals surface area (Å²) >= 11 is 5.84. The largest absolute Gasteiger partial charge is 0.274 e. The molecule has 0 amide bonds. The van der Waals surface area contributed by atoms with Crippen LogP contribution in [0.5, 0.6) is 0 Å². The zero-order chi connectivity index (χ0) is 11.0. The molecule has 1 radical (unpaired) electrons. The van der Waals surface area contributed by atoms with E-state index in [0.717, 1.165) is 16.9 Å². The van der Waals surface area contributed by atoms with E-state index in [2.05, 4.69) is 16.3 Å². The van der Waals surface area contributed by atoms with Gasteiger partial charge in [0.15, 0.2) is 12.0 Å². The molecule has 3 aromatic rings. The highest BCUT2D eigenvalue weighted by Crippen LogP contribution is 2.17. The molecule has 3 nitrogen and oxygen atoms in total. The van der Waals surface area contributed by atoms with Crippen LogP contribution < -0.4 is 0 Å². The molecule has 0 N–H and O–H groups in total. The summed E-state index contributed by atoms with van der Waals surface area (Å²) in [6, 6.07) is 11.3. The van der Waals surface area contributed by atoms with E-state index in [1.54, 1.807) is 6.20 Å². The first-order chi connectivity index (χ1) is 7.84. The van der Waals surface area contributed by atoms with Gasteiger partial charge in [-0.05, 0) is 36.4 Å². The molecule has 0 aliphatic carbocycles. The molecule has 16 heavy (non-hydrogen) atoms. The summed E-state index contributed by atoms with van der Waals surface area (Å²) in [6.45, 7) is 0. The van der Waals surface area contributed by atoms with Crippen molar-refractivity contribution in [1.29, 1.82) is 0 Å². The van der Waals surface area contributed by atoms with Crippen molar-refractivity contribution in [2.45, 2.75) is 0 Å². The van der Waals surface area contributed by atoms with Crippen LogP contribution in [0.15, 0.2) is 42.6 Å². The van der Waals surface area contributed by atoms with Gasteiger partial charge in [0, 0.05) is 16.9 Å². The van der Waals surface area contributed by atoms with Crippen LogP contribution in [0.4, 0.5) is 0 Å². The molecule has 0 bridgehead atoms. The zero-order valence-electron chi connectivity index (χ0n) is 8.26. The Morgan fingerprint density at radius 2 is 1.94 bits per heavy atom. The van der Waals surface area contributed by atoms with Gasteiger partial charge >= 0.3 is 0 Å². The lowest BCUT2D eigenvalue weighted by molar-refractivity contribution is 1.05. The van der Waals surface area contributed by atoms with Crippen molar-refractivity contribution >= 4 is 22.8 Å². The number of nitrogens with zero attached hydrogens (tertiary/aromatic N) is 3. The Balaban J connectivity index is 2.22. The highest BCUT2D eigenvalue weighted by molar-refractivity contribution is 6.30. The minimum Gasteiger partial charge on any atom is -0.274 e. The van der Waals surface area contributed by atoms with Gasteiger partial charge in [0.25, 0.3) is 0 Å². The summed E-state index contributed by atoms with van der Waals surface area (Å²) in [5.41, 5.74) is 2.58. The molecule has 0 saturated heterocycles. The van der Waals surface area contributed by atoms with Gasteiger partial charge in [-0.15, -0.1) is 0 Å². The van der Waals surface area contributed by atoms with E-state index >= 15 is 0 Å². The average molecular weight is 229 g/mol. The number of benzene rings is 1. The van der Waals surface area contributed by atoms with E-state index in [4.69, 9.17) is 11.6 Å². The number of aromatic nitrogens is 3. The Labute approximate surface area is 97.3 Å². The van der Waals surface area contributed by atoms with Gasteiger partial charge in [-0.25, -0.2) is 9.97 Å². The van der Waals surface area contributed by atoms with Crippen LogP contribution >= 0.6 is 11.6 Å². The molecule has 2 heterocycles. The summed E-state index contributed by atoms with van der Waals surface area (Å²) in [6.07, 6.45) is 4.65. The molecular formula is C12H7ClN3. The first kappa shape index (κ1) is 9.36. The number of imidazole rings is 1. The van der Waals surface area contributed by atoms with Crippen molar-refractivity contribution in [3.05, 3.63) is 53.9 Å². The van der Waals surface area contributed by atoms with Crippen LogP contribution in [0.25, 0.3) is 16.9 Å². The minimum atomic E-state index is 0.709. The SMILES string of the molecule is Clc1ccc(-n2[c]nc3cccnc32)cc1. The maximum absolute atomic E-state index is 5.84. The van der Waals surface area contributed by atoms with Gasteiger partial charge in [0.1, 0.15) is 5.52 Å².